The van der Waals surface area contributed by atoms with E-state index in [1.165, 1.54) is 49.4 Å². The van der Waals surface area contributed by atoms with Crippen LogP contribution in [0.4, 0.5) is 0 Å². The molecule has 5 heteroatoms. The maximum atomic E-state index is 6.27. The van der Waals surface area contributed by atoms with E-state index in [0.29, 0.717) is 11.6 Å². The summed E-state index contributed by atoms with van der Waals surface area (Å²) in [5, 5.41) is 13.4. The van der Waals surface area contributed by atoms with Crippen LogP contribution >= 0.6 is 0 Å². The third-order valence-electron chi connectivity index (χ3n) is 11.1. The van der Waals surface area contributed by atoms with E-state index in [0.717, 1.165) is 49.7 Å². The monoisotopic (exact) mass is 676 g/mol. The van der Waals surface area contributed by atoms with Crippen molar-refractivity contribution in [2.24, 2.45) is 0 Å². The molecule has 0 unspecified atom stereocenters. The molecular weight excluding hydrogens is 649 g/mol. The highest BCUT2D eigenvalue weighted by Gasteiger charge is 2.34. The van der Waals surface area contributed by atoms with Crippen molar-refractivity contribution in [2.75, 3.05) is 0 Å². The standard InChI is InChI=1S/C48H28N4O/c1-3-13-31-28(11-1)21-25-38-43(39-26-22-29-12-2-4-14-32(29)45(39)44(31)38)35-16-5-6-17-36(35)47-50-48-49-46(37-18-7-9-19-40(37)52(48)51-47)30-23-24-34-33-15-8-10-20-41(33)53-42(34)27-30/h1-27,43H. The van der Waals surface area contributed by atoms with Crippen molar-refractivity contribution in [3.63, 3.8) is 0 Å². The summed E-state index contributed by atoms with van der Waals surface area (Å²) in [4.78, 5) is 10.4. The van der Waals surface area contributed by atoms with Gasteiger partial charge in [-0.1, -0.05) is 140 Å². The first-order chi connectivity index (χ1) is 26.3. The maximum absolute atomic E-state index is 6.27. The Morgan fingerprint density at radius 3 is 1.87 bits per heavy atom. The first-order valence-electron chi connectivity index (χ1n) is 18.0. The van der Waals surface area contributed by atoms with Gasteiger partial charge in [0.25, 0.3) is 5.78 Å². The Balaban J connectivity index is 1.07. The number of benzene rings is 8. The highest BCUT2D eigenvalue weighted by atomic mass is 16.3. The van der Waals surface area contributed by atoms with Gasteiger partial charge in [-0.3, -0.25) is 0 Å². The van der Waals surface area contributed by atoms with Gasteiger partial charge in [0, 0.05) is 33.2 Å². The van der Waals surface area contributed by atoms with Gasteiger partial charge >= 0.3 is 0 Å². The van der Waals surface area contributed by atoms with Crippen molar-refractivity contribution in [3.8, 4) is 33.8 Å². The van der Waals surface area contributed by atoms with Crippen molar-refractivity contribution in [2.45, 2.75) is 5.92 Å². The Labute approximate surface area is 303 Å². The van der Waals surface area contributed by atoms with E-state index in [9.17, 15) is 0 Å². The molecule has 246 valence electrons. The molecule has 0 saturated carbocycles. The van der Waals surface area contributed by atoms with Crippen LogP contribution in [0.5, 0.6) is 0 Å². The summed E-state index contributed by atoms with van der Waals surface area (Å²) in [5.74, 6) is 1.21. The van der Waals surface area contributed by atoms with E-state index in [1.807, 2.05) is 28.8 Å². The summed E-state index contributed by atoms with van der Waals surface area (Å²) in [5.41, 5.74) is 11.9. The Hall–Kier alpha value is -7.11. The first kappa shape index (κ1) is 28.6. The molecule has 1 aliphatic rings. The summed E-state index contributed by atoms with van der Waals surface area (Å²) in [6.45, 7) is 0. The zero-order valence-corrected chi connectivity index (χ0v) is 28.4. The van der Waals surface area contributed by atoms with E-state index in [2.05, 4.69) is 140 Å². The molecule has 1 aliphatic carbocycles. The quantitative estimate of drug-likeness (QED) is 0.187. The van der Waals surface area contributed by atoms with Crippen LogP contribution in [0.25, 0.3) is 93.9 Å². The zero-order chi connectivity index (χ0) is 34.6. The third-order valence-corrected chi connectivity index (χ3v) is 11.1. The highest BCUT2D eigenvalue weighted by Crippen LogP contribution is 2.54. The maximum Gasteiger partial charge on any atom is 0.253 e. The first-order valence-corrected chi connectivity index (χ1v) is 18.0. The SMILES string of the molecule is c1ccc(C2c3ccc4ccccc4c3-c3c2ccc2ccccc32)c(-c2nc3nc(-c4ccc5c(c4)oc4ccccc45)c4ccccc4n3n2)c1. The molecular formula is C48H28N4O. The molecule has 0 amide bonds. The molecule has 0 bridgehead atoms. The molecule has 3 aromatic heterocycles. The summed E-state index contributed by atoms with van der Waals surface area (Å²) < 4.78 is 8.17. The van der Waals surface area contributed by atoms with Crippen molar-refractivity contribution >= 4 is 60.2 Å². The minimum atomic E-state index is 0.00725. The van der Waals surface area contributed by atoms with Gasteiger partial charge in [0.1, 0.15) is 11.2 Å². The van der Waals surface area contributed by atoms with E-state index >= 15 is 0 Å². The predicted octanol–water partition coefficient (Wildman–Crippen LogP) is 12.0. The van der Waals surface area contributed by atoms with Crippen LogP contribution in [0.1, 0.15) is 22.6 Å². The van der Waals surface area contributed by atoms with Crippen LogP contribution in [0, 0.1) is 0 Å². The van der Waals surface area contributed by atoms with Crippen LogP contribution < -0.4 is 0 Å². The fourth-order valence-corrected chi connectivity index (χ4v) is 8.83. The summed E-state index contributed by atoms with van der Waals surface area (Å²) in [7, 11) is 0. The van der Waals surface area contributed by atoms with Crippen molar-refractivity contribution in [3.05, 3.63) is 180 Å². The second-order valence-corrected chi connectivity index (χ2v) is 14.0. The fourth-order valence-electron chi connectivity index (χ4n) is 8.83. The van der Waals surface area contributed by atoms with Crippen LogP contribution in [-0.2, 0) is 0 Å². The topological polar surface area (TPSA) is 56.2 Å². The molecule has 53 heavy (non-hydrogen) atoms. The Morgan fingerprint density at radius 2 is 1.09 bits per heavy atom. The molecule has 0 fully saturated rings. The molecule has 0 radical (unpaired) electrons. The van der Waals surface area contributed by atoms with Crippen LogP contribution in [0.3, 0.4) is 0 Å². The highest BCUT2D eigenvalue weighted by molar-refractivity contribution is 6.11. The number of hydrogen-bond donors (Lipinski definition) is 0. The number of furan rings is 1. The van der Waals surface area contributed by atoms with Gasteiger partial charge in [0.05, 0.1) is 11.2 Å². The molecule has 8 aromatic carbocycles. The lowest BCUT2D eigenvalue weighted by atomic mass is 9.85. The molecule has 3 heterocycles. The van der Waals surface area contributed by atoms with Crippen molar-refractivity contribution in [1.29, 1.82) is 0 Å². The summed E-state index contributed by atoms with van der Waals surface area (Å²) >= 11 is 0. The van der Waals surface area contributed by atoms with Gasteiger partial charge in [0.15, 0.2) is 5.82 Å². The molecule has 0 N–H and O–H groups in total. The van der Waals surface area contributed by atoms with E-state index in [4.69, 9.17) is 19.5 Å². The Morgan fingerprint density at radius 1 is 0.472 bits per heavy atom. The van der Waals surface area contributed by atoms with E-state index < -0.39 is 0 Å². The molecule has 0 saturated heterocycles. The summed E-state index contributed by atoms with van der Waals surface area (Å²) in [6, 6.07) is 58.1. The molecule has 11 aromatic rings. The fraction of sp³-hybridized carbons (Fsp3) is 0.0208. The predicted molar refractivity (Wildman–Crippen MR) is 214 cm³/mol. The minimum absolute atomic E-state index is 0.00725. The average molecular weight is 677 g/mol. The molecule has 5 nitrogen and oxygen atoms in total. The third kappa shape index (κ3) is 4.04. The summed E-state index contributed by atoms with van der Waals surface area (Å²) in [6.07, 6.45) is 0. The van der Waals surface area contributed by atoms with Gasteiger partial charge < -0.3 is 4.42 Å². The van der Waals surface area contributed by atoms with Gasteiger partial charge in [-0.05, 0) is 73.6 Å². The van der Waals surface area contributed by atoms with Crippen LogP contribution in [-0.4, -0.2) is 19.6 Å². The van der Waals surface area contributed by atoms with E-state index in [-0.39, 0.29) is 5.92 Å². The van der Waals surface area contributed by atoms with Crippen LogP contribution in [0.15, 0.2) is 168 Å². The molecule has 0 atom stereocenters. The second kappa shape index (κ2) is 10.7. The largest absolute Gasteiger partial charge is 0.456 e. The van der Waals surface area contributed by atoms with Crippen LogP contribution in [0.2, 0.25) is 0 Å². The number of hydrogen-bond acceptors (Lipinski definition) is 4. The number of nitrogens with zero attached hydrogens (tertiary/aromatic N) is 4. The van der Waals surface area contributed by atoms with Gasteiger partial charge in [-0.15, -0.1) is 5.10 Å². The number of rotatable bonds is 3. The lowest BCUT2D eigenvalue weighted by molar-refractivity contribution is 0.669. The second-order valence-electron chi connectivity index (χ2n) is 14.0. The Kier molecular flexibility index (Phi) is 5.77. The van der Waals surface area contributed by atoms with Gasteiger partial charge in [-0.2, -0.15) is 9.50 Å². The lowest BCUT2D eigenvalue weighted by Gasteiger charge is -2.18. The zero-order valence-electron chi connectivity index (χ0n) is 28.4. The number of para-hydroxylation sites is 2. The molecule has 0 aliphatic heterocycles. The number of fused-ring (bicyclic) bond motifs is 13. The average Bonchev–Trinajstić information content (AvgIpc) is 3.92. The molecule has 0 spiro atoms. The van der Waals surface area contributed by atoms with Gasteiger partial charge in [0.2, 0.25) is 0 Å². The van der Waals surface area contributed by atoms with E-state index in [1.54, 1.807) is 0 Å². The smallest absolute Gasteiger partial charge is 0.253 e. The minimum Gasteiger partial charge on any atom is -0.456 e. The number of aromatic nitrogens is 4. The van der Waals surface area contributed by atoms with Gasteiger partial charge in [-0.25, -0.2) is 4.98 Å². The lowest BCUT2D eigenvalue weighted by Crippen LogP contribution is -2.02. The normalized spacial score (nSPS) is 12.8. The van der Waals surface area contributed by atoms with Crippen molar-refractivity contribution in [1.82, 2.24) is 19.6 Å². The Bertz CT molecular complexity index is 3230. The van der Waals surface area contributed by atoms with Crippen molar-refractivity contribution < 1.29 is 4.42 Å². The molecule has 12 rings (SSSR count).